The molecule has 0 aliphatic rings. The lowest BCUT2D eigenvalue weighted by atomic mass is 10.1. The fourth-order valence-electron chi connectivity index (χ4n) is 1.92. The first-order valence-electron chi connectivity index (χ1n) is 6.44. The van der Waals surface area contributed by atoms with Gasteiger partial charge in [0.25, 0.3) is 0 Å². The molecule has 2 aromatic carbocycles. The van der Waals surface area contributed by atoms with E-state index in [1.54, 1.807) is 31.4 Å². The summed E-state index contributed by atoms with van der Waals surface area (Å²) < 4.78 is 27.7. The van der Waals surface area contributed by atoms with Crippen LogP contribution in [0.25, 0.3) is 0 Å². The molecule has 0 aliphatic carbocycles. The predicted molar refractivity (Wildman–Crippen MR) is 83.1 cm³/mol. The lowest BCUT2D eigenvalue weighted by Crippen LogP contribution is -2.16. The molecule has 0 heterocycles. The highest BCUT2D eigenvalue weighted by atomic mass is 32.2. The first-order valence-corrected chi connectivity index (χ1v) is 7.99. The van der Waals surface area contributed by atoms with Gasteiger partial charge in [0.2, 0.25) is 15.9 Å². The van der Waals surface area contributed by atoms with Crippen molar-refractivity contribution in [2.24, 2.45) is 5.14 Å². The summed E-state index contributed by atoms with van der Waals surface area (Å²) in [5, 5.41) is 7.70. The number of nitrogens with two attached hydrogens (primary N) is 1. The first-order chi connectivity index (χ1) is 10.4. The molecule has 22 heavy (non-hydrogen) atoms. The van der Waals surface area contributed by atoms with Gasteiger partial charge in [-0.15, -0.1) is 0 Å². The van der Waals surface area contributed by atoms with Crippen LogP contribution in [-0.2, 0) is 21.2 Å². The van der Waals surface area contributed by atoms with Crippen molar-refractivity contribution in [1.82, 2.24) is 0 Å². The number of carbonyl (C=O) groups excluding carboxylic acids is 1. The van der Waals surface area contributed by atoms with Gasteiger partial charge in [-0.1, -0.05) is 18.2 Å². The van der Waals surface area contributed by atoms with Crippen LogP contribution in [0.3, 0.4) is 0 Å². The average Bonchev–Trinajstić information content (AvgIpc) is 2.46. The number of hydrogen-bond acceptors (Lipinski definition) is 4. The molecule has 0 bridgehead atoms. The summed E-state index contributed by atoms with van der Waals surface area (Å²) in [7, 11) is -2.24. The average molecular weight is 320 g/mol. The van der Waals surface area contributed by atoms with Gasteiger partial charge in [0, 0.05) is 5.69 Å². The number of benzene rings is 2. The van der Waals surface area contributed by atoms with Crippen LogP contribution in [0.2, 0.25) is 0 Å². The van der Waals surface area contributed by atoms with E-state index in [-0.39, 0.29) is 17.2 Å². The summed E-state index contributed by atoms with van der Waals surface area (Å²) in [5.41, 5.74) is 1.17. The van der Waals surface area contributed by atoms with Crippen LogP contribution in [0.5, 0.6) is 5.75 Å². The first kappa shape index (κ1) is 16.0. The Kier molecular flexibility index (Phi) is 4.79. The maximum absolute atomic E-state index is 12.0. The zero-order valence-corrected chi connectivity index (χ0v) is 12.8. The lowest BCUT2D eigenvalue weighted by Gasteiger charge is -2.07. The number of primary sulfonamides is 1. The molecule has 0 atom stereocenters. The van der Waals surface area contributed by atoms with Crippen molar-refractivity contribution < 1.29 is 17.9 Å². The van der Waals surface area contributed by atoms with Crippen LogP contribution in [0.1, 0.15) is 5.56 Å². The predicted octanol–water partition coefficient (Wildman–Crippen LogP) is 1.52. The fourth-order valence-corrected chi connectivity index (χ4v) is 2.48. The standard InChI is InChI=1S/C15H16N2O4S/c1-21-13-6-2-4-11(8-13)9-15(18)17-12-5-3-7-14(10-12)22(16,19)20/h2-8,10H,9H2,1H3,(H,17,18)(H2,16,19,20). The van der Waals surface area contributed by atoms with Crippen LogP contribution in [0.4, 0.5) is 5.69 Å². The van der Waals surface area contributed by atoms with Gasteiger partial charge in [-0.25, -0.2) is 13.6 Å². The number of rotatable bonds is 5. The zero-order valence-electron chi connectivity index (χ0n) is 11.9. The van der Waals surface area contributed by atoms with Gasteiger partial charge in [-0.05, 0) is 35.9 Å². The molecule has 6 nitrogen and oxygen atoms in total. The zero-order chi connectivity index (χ0) is 16.2. The molecule has 0 aliphatic heterocycles. The molecule has 3 N–H and O–H groups in total. The molecule has 116 valence electrons. The molecule has 0 radical (unpaired) electrons. The summed E-state index contributed by atoms with van der Waals surface area (Å²) in [6, 6.07) is 13.0. The Morgan fingerprint density at radius 2 is 1.91 bits per heavy atom. The summed E-state index contributed by atoms with van der Waals surface area (Å²) in [4.78, 5) is 12.0. The fraction of sp³-hybridized carbons (Fsp3) is 0.133. The van der Waals surface area contributed by atoms with Crippen molar-refractivity contribution in [2.45, 2.75) is 11.3 Å². The summed E-state index contributed by atoms with van der Waals surface area (Å²) in [5.74, 6) is 0.404. The molecule has 7 heteroatoms. The third kappa shape index (κ3) is 4.31. The quantitative estimate of drug-likeness (QED) is 0.872. The molecule has 0 saturated heterocycles. The third-order valence-electron chi connectivity index (χ3n) is 2.95. The Labute approximate surface area is 129 Å². The van der Waals surface area contributed by atoms with Crippen LogP contribution in [0.15, 0.2) is 53.4 Å². The van der Waals surface area contributed by atoms with Gasteiger partial charge in [0.05, 0.1) is 18.4 Å². The molecule has 2 rings (SSSR count). The molecule has 1 amide bonds. The number of carbonyl (C=O) groups is 1. The summed E-state index contributed by atoms with van der Waals surface area (Å²) in [6.07, 6.45) is 0.150. The highest BCUT2D eigenvalue weighted by molar-refractivity contribution is 7.89. The highest BCUT2D eigenvalue weighted by Crippen LogP contribution is 2.16. The minimum atomic E-state index is -3.80. The Bertz CT molecular complexity index is 788. The van der Waals surface area contributed by atoms with E-state index in [1.165, 1.54) is 18.2 Å². The number of methoxy groups -OCH3 is 1. The summed E-state index contributed by atoms with van der Waals surface area (Å²) >= 11 is 0. The molecular weight excluding hydrogens is 304 g/mol. The van der Waals surface area contributed by atoms with Crippen molar-refractivity contribution in [1.29, 1.82) is 0 Å². The van der Waals surface area contributed by atoms with E-state index in [0.717, 1.165) is 5.56 Å². The maximum Gasteiger partial charge on any atom is 0.238 e. The van der Waals surface area contributed by atoms with Crippen molar-refractivity contribution in [3.05, 3.63) is 54.1 Å². The second kappa shape index (κ2) is 6.59. The smallest absolute Gasteiger partial charge is 0.238 e. The lowest BCUT2D eigenvalue weighted by molar-refractivity contribution is -0.115. The number of ether oxygens (including phenoxy) is 1. The van der Waals surface area contributed by atoms with Gasteiger partial charge < -0.3 is 10.1 Å². The van der Waals surface area contributed by atoms with E-state index in [9.17, 15) is 13.2 Å². The van der Waals surface area contributed by atoms with E-state index in [2.05, 4.69) is 5.32 Å². The van der Waals surface area contributed by atoms with E-state index in [1.807, 2.05) is 6.07 Å². The largest absolute Gasteiger partial charge is 0.497 e. The van der Waals surface area contributed by atoms with Crippen LogP contribution >= 0.6 is 0 Å². The van der Waals surface area contributed by atoms with Gasteiger partial charge in [0.1, 0.15) is 5.75 Å². The van der Waals surface area contributed by atoms with Gasteiger partial charge in [-0.3, -0.25) is 4.79 Å². The molecule has 0 saturated carbocycles. The Balaban J connectivity index is 2.09. The number of sulfonamides is 1. The molecular formula is C15H16N2O4S. The topological polar surface area (TPSA) is 98.5 Å². The molecule has 0 unspecified atom stereocenters. The van der Waals surface area contributed by atoms with Crippen LogP contribution in [0, 0.1) is 0 Å². The Morgan fingerprint density at radius 3 is 2.59 bits per heavy atom. The summed E-state index contributed by atoms with van der Waals surface area (Å²) in [6.45, 7) is 0. The van der Waals surface area contributed by atoms with Gasteiger partial charge in [0.15, 0.2) is 0 Å². The SMILES string of the molecule is COc1cccc(CC(=O)Nc2cccc(S(N)(=O)=O)c2)c1. The van der Waals surface area contributed by atoms with Crippen LogP contribution in [-0.4, -0.2) is 21.4 Å². The number of amides is 1. The van der Waals surface area contributed by atoms with E-state index in [0.29, 0.717) is 11.4 Å². The number of nitrogens with one attached hydrogen (secondary N) is 1. The Morgan fingerprint density at radius 1 is 1.18 bits per heavy atom. The van der Waals surface area contributed by atoms with Gasteiger partial charge >= 0.3 is 0 Å². The van der Waals surface area contributed by atoms with Gasteiger partial charge in [-0.2, -0.15) is 0 Å². The van der Waals surface area contributed by atoms with E-state index < -0.39 is 10.0 Å². The molecule has 0 spiro atoms. The molecule has 2 aromatic rings. The van der Waals surface area contributed by atoms with Crippen molar-refractivity contribution >= 4 is 21.6 Å². The molecule has 0 aromatic heterocycles. The number of anilines is 1. The third-order valence-corrected chi connectivity index (χ3v) is 3.86. The van der Waals surface area contributed by atoms with Crippen LogP contribution < -0.4 is 15.2 Å². The minimum absolute atomic E-state index is 0.0494. The normalized spacial score (nSPS) is 11.0. The maximum atomic E-state index is 12.0. The van der Waals surface area contributed by atoms with E-state index in [4.69, 9.17) is 9.88 Å². The second-order valence-corrected chi connectivity index (χ2v) is 6.21. The van der Waals surface area contributed by atoms with Crippen molar-refractivity contribution in [3.8, 4) is 5.75 Å². The molecule has 0 fully saturated rings. The highest BCUT2D eigenvalue weighted by Gasteiger charge is 2.10. The minimum Gasteiger partial charge on any atom is -0.497 e. The van der Waals surface area contributed by atoms with Crippen molar-refractivity contribution in [2.75, 3.05) is 12.4 Å². The number of hydrogen-bond donors (Lipinski definition) is 2. The van der Waals surface area contributed by atoms with E-state index >= 15 is 0 Å². The Hall–Kier alpha value is -2.38. The second-order valence-electron chi connectivity index (χ2n) is 4.65. The monoisotopic (exact) mass is 320 g/mol. The van der Waals surface area contributed by atoms with Crippen molar-refractivity contribution in [3.63, 3.8) is 0 Å².